The summed E-state index contributed by atoms with van der Waals surface area (Å²) in [5, 5.41) is 0.691. The van der Waals surface area contributed by atoms with E-state index in [9.17, 15) is 12.8 Å². The minimum atomic E-state index is -3.30. The van der Waals surface area contributed by atoms with Crippen molar-refractivity contribution in [1.29, 1.82) is 0 Å². The van der Waals surface area contributed by atoms with Crippen LogP contribution >= 0.6 is 0 Å². The van der Waals surface area contributed by atoms with Gasteiger partial charge in [0.05, 0.1) is 10.4 Å². The van der Waals surface area contributed by atoms with E-state index in [0.717, 1.165) is 6.26 Å². The topological polar surface area (TPSA) is 56.3 Å². The van der Waals surface area contributed by atoms with Crippen molar-refractivity contribution < 1.29 is 17.5 Å². The van der Waals surface area contributed by atoms with E-state index in [1.165, 1.54) is 24.3 Å². The van der Waals surface area contributed by atoms with E-state index in [1.807, 2.05) is 0 Å². The number of ether oxygens (including phenoxy) is 1. The van der Waals surface area contributed by atoms with Crippen molar-refractivity contribution in [1.82, 2.24) is 4.98 Å². The van der Waals surface area contributed by atoms with Gasteiger partial charge >= 0.3 is 0 Å². The average Bonchev–Trinajstić information content (AvgIpc) is 2.52. The molecule has 0 atom stereocenters. The molecular weight excluding hydrogens is 317 g/mol. The van der Waals surface area contributed by atoms with E-state index in [4.69, 9.17) is 4.74 Å². The van der Waals surface area contributed by atoms with Gasteiger partial charge in [-0.3, -0.25) is 4.98 Å². The Morgan fingerprint density at radius 1 is 1.13 bits per heavy atom. The summed E-state index contributed by atoms with van der Waals surface area (Å²) in [7, 11) is -3.30. The zero-order valence-corrected chi connectivity index (χ0v) is 13.2. The van der Waals surface area contributed by atoms with Gasteiger partial charge in [-0.25, -0.2) is 12.8 Å². The molecule has 23 heavy (non-hydrogen) atoms. The molecule has 0 spiro atoms. The van der Waals surface area contributed by atoms with Crippen molar-refractivity contribution in [3.63, 3.8) is 0 Å². The molecule has 0 saturated carbocycles. The quantitative estimate of drug-likeness (QED) is 0.735. The Morgan fingerprint density at radius 3 is 2.74 bits per heavy atom. The van der Waals surface area contributed by atoms with Crippen LogP contribution in [0.3, 0.4) is 0 Å². The lowest BCUT2D eigenvalue weighted by Crippen LogP contribution is -2.01. The largest absolute Gasteiger partial charge is 0.489 e. The van der Waals surface area contributed by atoms with E-state index >= 15 is 0 Å². The van der Waals surface area contributed by atoms with E-state index in [0.29, 0.717) is 22.2 Å². The van der Waals surface area contributed by atoms with Crippen LogP contribution in [-0.4, -0.2) is 19.7 Å². The van der Waals surface area contributed by atoms with Gasteiger partial charge in [0, 0.05) is 23.4 Å². The fraction of sp³-hybridized carbons (Fsp3) is 0.118. The molecule has 2 aromatic carbocycles. The number of aromatic nitrogens is 1. The maximum absolute atomic E-state index is 13.7. The molecule has 1 heterocycles. The van der Waals surface area contributed by atoms with Gasteiger partial charge in [-0.1, -0.05) is 12.1 Å². The maximum Gasteiger partial charge on any atom is 0.175 e. The summed E-state index contributed by atoms with van der Waals surface area (Å²) in [6, 6.07) is 12.5. The predicted molar refractivity (Wildman–Crippen MR) is 85.6 cm³/mol. The van der Waals surface area contributed by atoms with Crippen LogP contribution in [0.15, 0.2) is 59.6 Å². The first-order valence-corrected chi connectivity index (χ1v) is 8.79. The summed E-state index contributed by atoms with van der Waals surface area (Å²) in [4.78, 5) is 4.43. The maximum atomic E-state index is 13.7. The standard InChI is InChI=1S/C17H14FNO3S/c1-23(20,21)16-6-2-5-15(10-16)22-11-13-9-14(18)8-12-4-3-7-19-17(12)13/h2-10H,11H2,1H3. The second kappa shape index (κ2) is 5.96. The van der Waals surface area contributed by atoms with Crippen LogP contribution in [0.25, 0.3) is 10.9 Å². The van der Waals surface area contributed by atoms with E-state index in [1.54, 1.807) is 30.5 Å². The fourth-order valence-electron chi connectivity index (χ4n) is 2.29. The van der Waals surface area contributed by atoms with Gasteiger partial charge < -0.3 is 4.74 Å². The fourth-order valence-corrected chi connectivity index (χ4v) is 2.95. The van der Waals surface area contributed by atoms with Crippen LogP contribution in [0.2, 0.25) is 0 Å². The number of hydrogen-bond acceptors (Lipinski definition) is 4. The number of sulfone groups is 1. The number of benzene rings is 2. The smallest absolute Gasteiger partial charge is 0.175 e. The molecule has 0 aliphatic rings. The van der Waals surface area contributed by atoms with Gasteiger partial charge in [-0.2, -0.15) is 0 Å². The molecule has 0 saturated heterocycles. The third-order valence-corrected chi connectivity index (χ3v) is 4.49. The number of pyridine rings is 1. The summed E-state index contributed by atoms with van der Waals surface area (Å²) >= 11 is 0. The van der Waals surface area contributed by atoms with Crippen molar-refractivity contribution in [3.05, 3.63) is 66.1 Å². The normalized spacial score (nSPS) is 11.6. The highest BCUT2D eigenvalue weighted by atomic mass is 32.2. The van der Waals surface area contributed by atoms with Gasteiger partial charge in [-0.05, 0) is 36.4 Å². The number of nitrogens with zero attached hydrogens (tertiary/aromatic N) is 1. The van der Waals surface area contributed by atoms with Gasteiger partial charge in [0.1, 0.15) is 18.2 Å². The van der Waals surface area contributed by atoms with Gasteiger partial charge in [0.15, 0.2) is 9.84 Å². The third kappa shape index (κ3) is 3.48. The molecule has 0 amide bonds. The van der Waals surface area contributed by atoms with Crippen LogP contribution in [0.4, 0.5) is 4.39 Å². The third-order valence-electron chi connectivity index (χ3n) is 3.38. The van der Waals surface area contributed by atoms with Crippen molar-refractivity contribution in [2.45, 2.75) is 11.5 Å². The summed E-state index contributed by atoms with van der Waals surface area (Å²) in [5.74, 6) is 0.0373. The van der Waals surface area contributed by atoms with Crippen molar-refractivity contribution in [3.8, 4) is 5.75 Å². The van der Waals surface area contributed by atoms with Crippen LogP contribution < -0.4 is 4.74 Å². The van der Waals surface area contributed by atoms with Crippen LogP contribution in [0.5, 0.6) is 5.75 Å². The van der Waals surface area contributed by atoms with E-state index in [2.05, 4.69) is 4.98 Å². The number of hydrogen-bond donors (Lipinski definition) is 0. The Hall–Kier alpha value is -2.47. The number of fused-ring (bicyclic) bond motifs is 1. The van der Waals surface area contributed by atoms with Crippen molar-refractivity contribution in [2.24, 2.45) is 0 Å². The highest BCUT2D eigenvalue weighted by Gasteiger charge is 2.09. The molecule has 0 N–H and O–H groups in total. The SMILES string of the molecule is CS(=O)(=O)c1cccc(OCc2cc(F)cc3cccnc23)c1. The highest BCUT2D eigenvalue weighted by molar-refractivity contribution is 7.90. The summed E-state index contributed by atoms with van der Waals surface area (Å²) in [6.07, 6.45) is 2.77. The summed E-state index contributed by atoms with van der Waals surface area (Å²) < 4.78 is 42.4. The Morgan fingerprint density at radius 2 is 1.96 bits per heavy atom. The Balaban J connectivity index is 1.90. The molecule has 0 aliphatic heterocycles. The van der Waals surface area contributed by atoms with Crippen LogP contribution in [0.1, 0.15) is 5.56 Å². The molecule has 6 heteroatoms. The Labute approximate surface area is 133 Å². The van der Waals surface area contributed by atoms with Gasteiger partial charge in [0.2, 0.25) is 0 Å². The Bertz CT molecular complexity index is 970. The molecule has 118 valence electrons. The molecule has 4 nitrogen and oxygen atoms in total. The first-order valence-electron chi connectivity index (χ1n) is 6.89. The van der Waals surface area contributed by atoms with Crippen molar-refractivity contribution in [2.75, 3.05) is 6.26 Å². The van der Waals surface area contributed by atoms with Gasteiger partial charge in [0.25, 0.3) is 0 Å². The summed E-state index contributed by atoms with van der Waals surface area (Å²) in [6.45, 7) is 0.0957. The highest BCUT2D eigenvalue weighted by Crippen LogP contribution is 2.22. The van der Waals surface area contributed by atoms with Gasteiger partial charge in [-0.15, -0.1) is 0 Å². The predicted octanol–water partition coefficient (Wildman–Crippen LogP) is 3.36. The van der Waals surface area contributed by atoms with Crippen LogP contribution in [-0.2, 0) is 16.4 Å². The lowest BCUT2D eigenvalue weighted by atomic mass is 10.1. The first kappa shape index (κ1) is 15.4. The molecule has 0 fully saturated rings. The Kier molecular flexibility index (Phi) is 4.00. The zero-order chi connectivity index (χ0) is 16.4. The average molecular weight is 331 g/mol. The molecule has 0 aliphatic carbocycles. The second-order valence-corrected chi connectivity index (χ2v) is 7.19. The number of halogens is 1. The molecule has 0 bridgehead atoms. The minimum absolute atomic E-state index is 0.0957. The zero-order valence-electron chi connectivity index (χ0n) is 12.4. The van der Waals surface area contributed by atoms with Crippen LogP contribution in [0, 0.1) is 5.82 Å². The molecular formula is C17H14FNO3S. The molecule has 3 rings (SSSR count). The monoisotopic (exact) mass is 331 g/mol. The number of rotatable bonds is 4. The van der Waals surface area contributed by atoms with Crippen molar-refractivity contribution >= 4 is 20.7 Å². The molecule has 0 unspecified atom stereocenters. The molecule has 3 aromatic rings. The van der Waals surface area contributed by atoms with E-state index in [-0.39, 0.29) is 17.3 Å². The minimum Gasteiger partial charge on any atom is -0.489 e. The second-order valence-electron chi connectivity index (χ2n) is 5.18. The lowest BCUT2D eigenvalue weighted by molar-refractivity contribution is 0.306. The first-order chi connectivity index (χ1) is 10.9. The molecule has 0 radical (unpaired) electrons. The summed E-state index contributed by atoms with van der Waals surface area (Å²) in [5.41, 5.74) is 1.26. The van der Waals surface area contributed by atoms with E-state index < -0.39 is 9.84 Å². The lowest BCUT2D eigenvalue weighted by Gasteiger charge is -2.10. The molecule has 1 aromatic heterocycles.